The fourth-order valence-corrected chi connectivity index (χ4v) is 4.29. The van der Waals surface area contributed by atoms with Crippen molar-refractivity contribution in [1.82, 2.24) is 14.3 Å². The van der Waals surface area contributed by atoms with E-state index >= 15 is 0 Å². The molecular weight excluding hydrogens is 398 g/mol. The van der Waals surface area contributed by atoms with Gasteiger partial charge in [0.25, 0.3) is 0 Å². The summed E-state index contributed by atoms with van der Waals surface area (Å²) in [7, 11) is -7.36. The quantitative estimate of drug-likeness (QED) is 0.535. The first-order valence-corrected chi connectivity index (χ1v) is 11.3. The lowest BCUT2D eigenvalue weighted by atomic mass is 10.2. The molecule has 1 aliphatic heterocycles. The Morgan fingerprint density at radius 1 is 1.33 bits per heavy atom. The van der Waals surface area contributed by atoms with Crippen molar-refractivity contribution in [3.8, 4) is 0 Å². The Bertz CT molecular complexity index is 928. The first-order valence-electron chi connectivity index (χ1n) is 8.01. The van der Waals surface area contributed by atoms with Crippen LogP contribution in [0.1, 0.15) is 17.3 Å². The number of nitrogens with zero attached hydrogens (tertiary/aromatic N) is 1. The van der Waals surface area contributed by atoms with Crippen LogP contribution in [0, 0.1) is 0 Å². The molecule has 1 aromatic rings. The van der Waals surface area contributed by atoms with Gasteiger partial charge >= 0.3 is 5.97 Å². The normalized spacial score (nSPS) is 17.2. The minimum Gasteiger partial charge on any atom is -0.458 e. The average Bonchev–Trinajstić information content (AvgIpc) is 2.59. The van der Waals surface area contributed by atoms with Gasteiger partial charge in [-0.2, -0.15) is 4.31 Å². The molecule has 0 bridgehead atoms. The molecule has 1 heterocycles. The maximum absolute atomic E-state index is 12.7. The van der Waals surface area contributed by atoms with Crippen LogP contribution in [-0.4, -0.2) is 71.6 Å². The first-order chi connectivity index (χ1) is 12.5. The van der Waals surface area contributed by atoms with E-state index < -0.39 is 38.0 Å². The zero-order valence-corrected chi connectivity index (χ0v) is 16.5. The second kappa shape index (κ2) is 8.33. The molecule has 1 atom stereocenters. The molecule has 2 N–H and O–H groups in total. The number of piperazine rings is 1. The zero-order valence-electron chi connectivity index (χ0n) is 14.8. The molecular formula is C15H21N3O7S2. The summed E-state index contributed by atoms with van der Waals surface area (Å²) in [6.45, 7) is 1.46. The maximum Gasteiger partial charge on any atom is 0.338 e. The molecule has 12 heteroatoms. The smallest absolute Gasteiger partial charge is 0.338 e. The van der Waals surface area contributed by atoms with E-state index in [4.69, 9.17) is 4.74 Å². The highest BCUT2D eigenvalue weighted by Gasteiger charge is 2.29. The number of esters is 1. The van der Waals surface area contributed by atoms with E-state index in [1.54, 1.807) is 0 Å². The van der Waals surface area contributed by atoms with Gasteiger partial charge in [0.15, 0.2) is 0 Å². The topological polar surface area (TPSA) is 139 Å². The summed E-state index contributed by atoms with van der Waals surface area (Å²) in [5, 5.41) is 2.54. The predicted octanol–water partition coefficient (Wildman–Crippen LogP) is -1.10. The molecule has 10 nitrogen and oxygen atoms in total. The number of carbonyl (C=O) groups is 2. The standard InChI is InChI=1S/C15H21N3O7S2/c1-11(9-17-26(2,21)22)25-15(20)12-4-3-5-13(8-12)27(23,24)18-7-6-16-14(19)10-18/h3-5,8,11,17H,6-7,9-10H2,1-2H3,(H,16,19)/t11-/m1/s1. The minimum absolute atomic E-state index is 0.00346. The fourth-order valence-electron chi connectivity index (χ4n) is 2.31. The molecule has 1 aromatic carbocycles. The van der Waals surface area contributed by atoms with Crippen molar-refractivity contribution < 1.29 is 31.2 Å². The highest BCUT2D eigenvalue weighted by molar-refractivity contribution is 7.89. The molecule has 2 rings (SSSR count). The van der Waals surface area contributed by atoms with Crippen molar-refractivity contribution in [2.24, 2.45) is 0 Å². The largest absolute Gasteiger partial charge is 0.458 e. The first kappa shape index (κ1) is 21.3. The number of carbonyl (C=O) groups excluding carboxylic acids is 2. The van der Waals surface area contributed by atoms with Crippen LogP contribution in [-0.2, 0) is 29.6 Å². The molecule has 0 aliphatic carbocycles. The molecule has 0 unspecified atom stereocenters. The van der Waals surface area contributed by atoms with Crippen molar-refractivity contribution in [1.29, 1.82) is 0 Å². The van der Waals surface area contributed by atoms with Crippen LogP contribution in [0.5, 0.6) is 0 Å². The number of amides is 1. The third-order valence-corrected chi connectivity index (χ3v) is 6.18. The van der Waals surface area contributed by atoms with E-state index in [-0.39, 0.29) is 36.6 Å². The van der Waals surface area contributed by atoms with Crippen LogP contribution < -0.4 is 10.0 Å². The Hall–Kier alpha value is -2.02. The summed E-state index contributed by atoms with van der Waals surface area (Å²) in [5.74, 6) is -1.18. The summed E-state index contributed by atoms with van der Waals surface area (Å²) in [4.78, 5) is 23.5. The van der Waals surface area contributed by atoms with E-state index in [1.807, 2.05) is 0 Å². The monoisotopic (exact) mass is 419 g/mol. The van der Waals surface area contributed by atoms with Crippen LogP contribution in [0.25, 0.3) is 0 Å². The van der Waals surface area contributed by atoms with E-state index in [0.717, 1.165) is 10.6 Å². The van der Waals surface area contributed by atoms with Gasteiger partial charge in [-0.1, -0.05) is 6.07 Å². The number of ether oxygens (including phenoxy) is 1. The number of hydrogen-bond acceptors (Lipinski definition) is 7. The lowest BCUT2D eigenvalue weighted by Crippen LogP contribution is -2.49. The molecule has 1 fully saturated rings. The second-order valence-corrected chi connectivity index (χ2v) is 9.82. The predicted molar refractivity (Wildman–Crippen MR) is 95.9 cm³/mol. The number of hydrogen-bond donors (Lipinski definition) is 2. The molecule has 1 saturated heterocycles. The molecule has 0 spiro atoms. The molecule has 150 valence electrons. The molecule has 0 aromatic heterocycles. The number of benzene rings is 1. The van der Waals surface area contributed by atoms with Crippen LogP contribution in [0.15, 0.2) is 29.2 Å². The van der Waals surface area contributed by atoms with Crippen molar-refractivity contribution in [2.45, 2.75) is 17.9 Å². The second-order valence-electron chi connectivity index (χ2n) is 6.05. The highest BCUT2D eigenvalue weighted by Crippen LogP contribution is 2.18. The fraction of sp³-hybridized carbons (Fsp3) is 0.467. The van der Waals surface area contributed by atoms with Gasteiger partial charge < -0.3 is 10.1 Å². The Balaban J connectivity index is 2.12. The lowest BCUT2D eigenvalue weighted by molar-refractivity contribution is -0.122. The average molecular weight is 419 g/mol. The van der Waals surface area contributed by atoms with Gasteiger partial charge in [-0.25, -0.2) is 26.4 Å². The van der Waals surface area contributed by atoms with Crippen molar-refractivity contribution in [3.63, 3.8) is 0 Å². The van der Waals surface area contributed by atoms with Crippen LogP contribution >= 0.6 is 0 Å². The summed E-state index contributed by atoms with van der Waals surface area (Å²) < 4.78 is 55.8. The summed E-state index contributed by atoms with van der Waals surface area (Å²) in [5.41, 5.74) is 0.00346. The van der Waals surface area contributed by atoms with E-state index in [1.165, 1.54) is 31.2 Å². The van der Waals surface area contributed by atoms with Gasteiger partial charge in [0.1, 0.15) is 6.10 Å². The molecule has 1 amide bonds. The van der Waals surface area contributed by atoms with Gasteiger partial charge in [0.05, 0.1) is 23.3 Å². The minimum atomic E-state index is -3.94. The third-order valence-electron chi connectivity index (χ3n) is 3.65. The zero-order chi connectivity index (χ0) is 20.2. The van der Waals surface area contributed by atoms with Gasteiger partial charge in [-0.15, -0.1) is 0 Å². The van der Waals surface area contributed by atoms with E-state index in [0.29, 0.717) is 0 Å². The maximum atomic E-state index is 12.7. The van der Waals surface area contributed by atoms with Crippen LogP contribution in [0.2, 0.25) is 0 Å². The highest BCUT2D eigenvalue weighted by atomic mass is 32.2. The van der Waals surface area contributed by atoms with E-state index in [9.17, 15) is 26.4 Å². The summed E-state index contributed by atoms with van der Waals surface area (Å²) in [6, 6.07) is 5.28. The number of sulfonamides is 2. The SMILES string of the molecule is C[C@H](CNS(C)(=O)=O)OC(=O)c1cccc(S(=O)(=O)N2CCNC(=O)C2)c1. The van der Waals surface area contributed by atoms with Crippen LogP contribution in [0.4, 0.5) is 0 Å². The van der Waals surface area contributed by atoms with Crippen molar-refractivity contribution >= 4 is 31.9 Å². The molecule has 0 radical (unpaired) electrons. The van der Waals surface area contributed by atoms with Gasteiger partial charge in [0.2, 0.25) is 26.0 Å². The number of nitrogens with one attached hydrogen (secondary N) is 2. The summed E-state index contributed by atoms with van der Waals surface area (Å²) in [6.07, 6.45) is 0.231. The Morgan fingerprint density at radius 2 is 2.04 bits per heavy atom. The Morgan fingerprint density at radius 3 is 2.67 bits per heavy atom. The van der Waals surface area contributed by atoms with Crippen LogP contribution in [0.3, 0.4) is 0 Å². The Labute approximate surface area is 158 Å². The summed E-state index contributed by atoms with van der Waals surface area (Å²) >= 11 is 0. The number of rotatable bonds is 7. The van der Waals surface area contributed by atoms with Crippen molar-refractivity contribution in [3.05, 3.63) is 29.8 Å². The molecule has 1 aliphatic rings. The molecule has 0 saturated carbocycles. The lowest BCUT2D eigenvalue weighted by Gasteiger charge is -2.26. The van der Waals surface area contributed by atoms with Gasteiger partial charge in [0, 0.05) is 19.6 Å². The van der Waals surface area contributed by atoms with Crippen molar-refractivity contribution in [2.75, 3.05) is 32.4 Å². The van der Waals surface area contributed by atoms with Gasteiger partial charge in [-0.3, -0.25) is 4.79 Å². The Kier molecular flexibility index (Phi) is 6.57. The van der Waals surface area contributed by atoms with Gasteiger partial charge in [-0.05, 0) is 25.1 Å². The van der Waals surface area contributed by atoms with E-state index in [2.05, 4.69) is 10.0 Å². The molecule has 27 heavy (non-hydrogen) atoms. The third kappa shape index (κ3) is 5.99.